The van der Waals surface area contributed by atoms with E-state index in [4.69, 9.17) is 9.47 Å². The average molecular weight is 1660 g/mol. The normalized spacial score (nSPS) is 14.4. The zero-order valence-electron chi connectivity index (χ0n) is 72.2. The van der Waals surface area contributed by atoms with Crippen molar-refractivity contribution in [3.05, 3.63) is 504 Å². The predicted molar refractivity (Wildman–Crippen MR) is 536 cm³/mol. The molecule has 4 heterocycles. The van der Waals surface area contributed by atoms with Gasteiger partial charge in [-0.1, -0.05) is 343 Å². The van der Waals surface area contributed by atoms with Gasteiger partial charge in [-0.15, -0.1) is 0 Å². The molecule has 0 unspecified atom stereocenters. The molecule has 20 aromatic carbocycles. The standard InChI is InChI=1S/2C62H42N2O/c1-61(2)49-23-9-6-20-43(49)48-37-40(32-35-50(48)61)63(41-31-33-45-44-21-8-13-28-55(44)64(57(45)38-41)39-17-4-3-5-18-39)56-36-34-46-42-19-7-10-24-51(42)62(54-27-16-22-47(56)60(46)54)52-25-11-14-29-58(52)65-59-30-15-12-26-53(59)62;1-61(2)49-23-9-6-19-42(49)44-33-31-40(37-54(44)61)63(41-32-34-46-45-21-8-13-28-55(45)64(57(46)38-41)39-17-4-3-5-18-39)56-36-35-47-43-20-7-10-24-50(43)62(53-27-16-22-48(56)60(47)53)51-25-11-14-29-58(51)65-59-30-15-12-26-52(59)62/h2*3-38H,1-2H3. The van der Waals surface area contributed by atoms with E-state index < -0.39 is 10.8 Å². The van der Waals surface area contributed by atoms with Crippen molar-refractivity contribution < 1.29 is 9.47 Å². The summed E-state index contributed by atoms with van der Waals surface area (Å²) in [5.41, 5.74) is 37.5. The minimum Gasteiger partial charge on any atom is -0.457 e. The molecule has 2 aliphatic heterocycles. The Hall–Kier alpha value is -16.3. The molecular formula is C124H84N4O2. The third-order valence-electron chi connectivity index (χ3n) is 29.7. The van der Waals surface area contributed by atoms with Crippen LogP contribution in [0.25, 0.3) is 121 Å². The SMILES string of the molecule is CC1(C)c2ccccc2-c2cc(N(c3ccc4c5ccccc5n(-c5ccccc5)c4c3)c3ccc4c5c(cccc35)C3(c5ccccc5Oc5ccccc53)c3ccccc3-4)ccc21.CC1(C)c2ccccc2-c2ccc(N(c3ccc4c5ccccc5n(-c5ccccc5)c4c3)c3ccc4c5c(cccc35)C3(c5ccccc5Oc5ccccc53)c3ccccc3-4)cc21. The van der Waals surface area contributed by atoms with Gasteiger partial charge in [0.2, 0.25) is 0 Å². The zero-order valence-corrected chi connectivity index (χ0v) is 72.2. The molecule has 6 aliphatic rings. The number of ether oxygens (including phenoxy) is 2. The highest BCUT2D eigenvalue weighted by atomic mass is 16.5. The van der Waals surface area contributed by atoms with Crippen LogP contribution >= 0.6 is 0 Å². The van der Waals surface area contributed by atoms with E-state index in [9.17, 15) is 0 Å². The van der Waals surface area contributed by atoms with Gasteiger partial charge in [0.1, 0.15) is 23.0 Å². The molecule has 6 nitrogen and oxygen atoms in total. The summed E-state index contributed by atoms with van der Waals surface area (Å²) in [6.07, 6.45) is 0. The first-order valence-electron chi connectivity index (χ1n) is 45.4. The molecule has 0 saturated heterocycles. The Morgan fingerprint density at radius 3 is 0.946 bits per heavy atom. The van der Waals surface area contributed by atoms with E-state index in [-0.39, 0.29) is 10.8 Å². The Balaban J connectivity index is 0.000000134. The third-order valence-corrected chi connectivity index (χ3v) is 29.7. The lowest BCUT2D eigenvalue weighted by atomic mass is 9.58. The second-order valence-electron chi connectivity index (χ2n) is 36.8. The molecule has 0 saturated carbocycles. The summed E-state index contributed by atoms with van der Waals surface area (Å²) in [6, 6.07) is 162. The second-order valence-corrected chi connectivity index (χ2v) is 36.8. The van der Waals surface area contributed by atoms with Crippen molar-refractivity contribution in [2.24, 2.45) is 0 Å². The quantitative estimate of drug-likeness (QED) is 0.152. The van der Waals surface area contributed by atoms with E-state index in [0.717, 1.165) is 90.8 Å². The summed E-state index contributed by atoms with van der Waals surface area (Å²) >= 11 is 0. The van der Waals surface area contributed by atoms with Crippen LogP contribution in [-0.4, -0.2) is 9.13 Å². The fourth-order valence-corrected chi connectivity index (χ4v) is 24.2. The smallest absolute Gasteiger partial charge is 0.132 e. The van der Waals surface area contributed by atoms with Crippen LogP contribution in [0, 0.1) is 0 Å². The third kappa shape index (κ3) is 10.1. The van der Waals surface area contributed by atoms with E-state index in [1.165, 1.54) is 154 Å². The highest BCUT2D eigenvalue weighted by Gasteiger charge is 2.52. The number of anilines is 6. The van der Waals surface area contributed by atoms with Gasteiger partial charge in [-0.2, -0.15) is 0 Å². The molecule has 28 rings (SSSR count). The molecule has 130 heavy (non-hydrogen) atoms. The second kappa shape index (κ2) is 27.6. The van der Waals surface area contributed by atoms with Gasteiger partial charge in [0, 0.05) is 99.5 Å². The summed E-state index contributed by atoms with van der Waals surface area (Å²) in [6.45, 7) is 9.47. The first-order valence-corrected chi connectivity index (χ1v) is 45.4. The van der Waals surface area contributed by atoms with Crippen LogP contribution in [0.5, 0.6) is 23.0 Å². The highest BCUT2D eigenvalue weighted by Crippen LogP contribution is 2.66. The molecule has 4 aliphatic carbocycles. The number of benzene rings is 20. The molecule has 0 amide bonds. The topological polar surface area (TPSA) is 34.8 Å². The molecule has 6 heteroatoms. The van der Waals surface area contributed by atoms with Gasteiger partial charge in [0.05, 0.1) is 44.3 Å². The van der Waals surface area contributed by atoms with Gasteiger partial charge >= 0.3 is 0 Å². The molecule has 612 valence electrons. The van der Waals surface area contributed by atoms with Crippen molar-refractivity contribution >= 4 is 99.3 Å². The van der Waals surface area contributed by atoms with Crippen molar-refractivity contribution in [1.82, 2.24) is 9.13 Å². The van der Waals surface area contributed by atoms with Crippen LogP contribution < -0.4 is 19.3 Å². The van der Waals surface area contributed by atoms with Crippen LogP contribution in [0.2, 0.25) is 0 Å². The molecule has 0 N–H and O–H groups in total. The number of aromatic nitrogens is 2. The van der Waals surface area contributed by atoms with Crippen molar-refractivity contribution in [3.8, 4) is 78.9 Å². The number of fused-ring (bicyclic) bond motifs is 28. The highest BCUT2D eigenvalue weighted by molar-refractivity contribution is 6.17. The van der Waals surface area contributed by atoms with Crippen LogP contribution in [0.15, 0.2) is 437 Å². The zero-order chi connectivity index (χ0) is 86.0. The summed E-state index contributed by atoms with van der Waals surface area (Å²) in [4.78, 5) is 5.04. The number of rotatable bonds is 8. The maximum Gasteiger partial charge on any atom is 0.132 e. The van der Waals surface area contributed by atoms with Crippen LogP contribution in [-0.2, 0) is 21.7 Å². The Bertz CT molecular complexity index is 8510. The predicted octanol–water partition coefficient (Wildman–Crippen LogP) is 32.4. The monoisotopic (exact) mass is 1660 g/mol. The molecule has 0 bridgehead atoms. The maximum atomic E-state index is 6.75. The molecule has 0 radical (unpaired) electrons. The van der Waals surface area contributed by atoms with Crippen LogP contribution in [0.4, 0.5) is 34.1 Å². The fourth-order valence-electron chi connectivity index (χ4n) is 24.2. The lowest BCUT2D eigenvalue weighted by Crippen LogP contribution is -2.36. The van der Waals surface area contributed by atoms with Crippen molar-refractivity contribution in [2.45, 2.75) is 49.4 Å². The molecule has 22 aromatic rings. The van der Waals surface area contributed by atoms with Gasteiger partial charge in [0.15, 0.2) is 0 Å². The van der Waals surface area contributed by atoms with Crippen LogP contribution in [0.1, 0.15) is 94.5 Å². The number of hydrogen-bond donors (Lipinski definition) is 0. The number of nitrogens with zero attached hydrogens (tertiary/aromatic N) is 4. The molecule has 2 spiro atoms. The van der Waals surface area contributed by atoms with E-state index in [1.54, 1.807) is 0 Å². The summed E-state index contributed by atoms with van der Waals surface area (Å²) < 4.78 is 18.3. The summed E-state index contributed by atoms with van der Waals surface area (Å²) in [5.74, 6) is 3.57. The molecule has 0 fully saturated rings. The Kier molecular flexibility index (Phi) is 15.7. The minimum absolute atomic E-state index is 0.108. The van der Waals surface area contributed by atoms with Crippen molar-refractivity contribution in [2.75, 3.05) is 9.80 Å². The molecular weight excluding hydrogens is 1580 g/mol. The van der Waals surface area contributed by atoms with E-state index >= 15 is 0 Å². The van der Waals surface area contributed by atoms with Gasteiger partial charge in [-0.25, -0.2) is 0 Å². The van der Waals surface area contributed by atoms with Gasteiger partial charge < -0.3 is 28.4 Å². The van der Waals surface area contributed by atoms with Gasteiger partial charge in [-0.3, -0.25) is 0 Å². The van der Waals surface area contributed by atoms with Gasteiger partial charge in [0.25, 0.3) is 0 Å². The maximum absolute atomic E-state index is 6.75. The number of hydrogen-bond acceptors (Lipinski definition) is 4. The van der Waals surface area contributed by atoms with E-state index in [1.807, 2.05) is 0 Å². The fraction of sp³-hybridized carbons (Fsp3) is 0.0645. The minimum atomic E-state index is -0.615. The largest absolute Gasteiger partial charge is 0.457 e. The Morgan fingerprint density at radius 1 is 0.192 bits per heavy atom. The lowest BCUT2D eigenvalue weighted by Gasteiger charge is -2.45. The first-order chi connectivity index (χ1) is 64.0. The first kappa shape index (κ1) is 74.0. The van der Waals surface area contributed by atoms with Gasteiger partial charge in [-0.05, 0) is 221 Å². The molecule has 2 aromatic heterocycles. The number of para-hydroxylation sites is 8. The lowest BCUT2D eigenvalue weighted by molar-refractivity contribution is 0.435. The summed E-state index contributed by atoms with van der Waals surface area (Å²) in [7, 11) is 0. The average Bonchev–Trinajstić information content (AvgIpc) is 0.942. The van der Waals surface area contributed by atoms with E-state index in [0.29, 0.717) is 0 Å². The van der Waals surface area contributed by atoms with Crippen molar-refractivity contribution in [3.63, 3.8) is 0 Å². The van der Waals surface area contributed by atoms with E-state index in [2.05, 4.69) is 483 Å². The summed E-state index contributed by atoms with van der Waals surface area (Å²) in [5, 5.41) is 9.84. The molecule has 0 atom stereocenters. The Morgan fingerprint density at radius 2 is 0.492 bits per heavy atom. The van der Waals surface area contributed by atoms with Crippen LogP contribution in [0.3, 0.4) is 0 Å². The van der Waals surface area contributed by atoms with Crippen molar-refractivity contribution in [1.29, 1.82) is 0 Å². The Labute approximate surface area is 754 Å².